The third-order valence-electron chi connectivity index (χ3n) is 2.19. The van der Waals surface area contributed by atoms with Gasteiger partial charge in [0, 0.05) is 12.0 Å². The molecule has 0 aliphatic heterocycles. The lowest BCUT2D eigenvalue weighted by molar-refractivity contribution is -0.0163. The van der Waals surface area contributed by atoms with Crippen LogP contribution >= 0.6 is 0 Å². The fourth-order valence-corrected chi connectivity index (χ4v) is 1.39. The molecule has 0 bridgehead atoms. The summed E-state index contributed by atoms with van der Waals surface area (Å²) >= 11 is 0. The smallest absolute Gasteiger partial charge is 0.120 e. The lowest BCUT2D eigenvalue weighted by Crippen LogP contribution is -2.22. The number of aliphatic hydroxyl groups is 1. The number of rotatable bonds is 5. The molecule has 1 rings (SSSR count). The van der Waals surface area contributed by atoms with Gasteiger partial charge in [-0.2, -0.15) is 0 Å². The van der Waals surface area contributed by atoms with E-state index in [9.17, 15) is 0 Å². The van der Waals surface area contributed by atoms with Crippen molar-refractivity contribution < 1.29 is 14.6 Å². The topological polar surface area (TPSA) is 38.7 Å². The number of hydrogen-bond acceptors (Lipinski definition) is 3. The SMILES string of the molecule is CC(C)(C)OCCOc1cccc(C#CCCO)c1. The van der Waals surface area contributed by atoms with E-state index < -0.39 is 0 Å². The zero-order valence-electron chi connectivity index (χ0n) is 11.9. The highest BCUT2D eigenvalue weighted by Gasteiger charge is 2.09. The van der Waals surface area contributed by atoms with Crippen LogP contribution in [0.25, 0.3) is 0 Å². The molecule has 0 aliphatic rings. The molecule has 0 heterocycles. The fraction of sp³-hybridized carbons (Fsp3) is 0.500. The molecule has 3 nitrogen and oxygen atoms in total. The van der Waals surface area contributed by atoms with Crippen LogP contribution in [0.2, 0.25) is 0 Å². The van der Waals surface area contributed by atoms with Crippen molar-refractivity contribution in [2.75, 3.05) is 19.8 Å². The van der Waals surface area contributed by atoms with E-state index in [-0.39, 0.29) is 12.2 Å². The fourth-order valence-electron chi connectivity index (χ4n) is 1.39. The molecule has 0 atom stereocenters. The molecule has 0 spiro atoms. The number of aliphatic hydroxyl groups excluding tert-OH is 1. The van der Waals surface area contributed by atoms with Gasteiger partial charge in [-0.25, -0.2) is 0 Å². The van der Waals surface area contributed by atoms with E-state index in [1.807, 2.05) is 45.0 Å². The zero-order chi connectivity index (χ0) is 14.1. The molecular weight excluding hydrogens is 240 g/mol. The molecule has 104 valence electrons. The Bertz CT molecular complexity index is 435. The number of benzene rings is 1. The van der Waals surface area contributed by atoms with Gasteiger partial charge in [0.15, 0.2) is 0 Å². The minimum Gasteiger partial charge on any atom is -0.491 e. The molecule has 1 aromatic rings. The first-order valence-electron chi connectivity index (χ1n) is 6.48. The van der Waals surface area contributed by atoms with Crippen LogP contribution in [-0.2, 0) is 4.74 Å². The average Bonchev–Trinajstić information content (AvgIpc) is 2.35. The second-order valence-corrected chi connectivity index (χ2v) is 5.11. The quantitative estimate of drug-likeness (QED) is 0.655. The Labute approximate surface area is 115 Å². The van der Waals surface area contributed by atoms with Crippen molar-refractivity contribution in [2.24, 2.45) is 0 Å². The lowest BCUT2D eigenvalue weighted by atomic mass is 10.2. The molecule has 0 saturated heterocycles. The Hall–Kier alpha value is -1.50. The van der Waals surface area contributed by atoms with Crippen molar-refractivity contribution in [1.82, 2.24) is 0 Å². The summed E-state index contributed by atoms with van der Waals surface area (Å²) in [6, 6.07) is 7.61. The van der Waals surface area contributed by atoms with Crippen LogP contribution < -0.4 is 4.74 Å². The van der Waals surface area contributed by atoms with Gasteiger partial charge in [0.2, 0.25) is 0 Å². The van der Waals surface area contributed by atoms with Crippen LogP contribution in [0.5, 0.6) is 5.75 Å². The molecule has 0 fully saturated rings. The predicted octanol–water partition coefficient (Wildman–Crippen LogP) is 2.61. The monoisotopic (exact) mass is 262 g/mol. The Kier molecular flexibility index (Phi) is 6.41. The Balaban J connectivity index is 2.43. The minimum atomic E-state index is -0.138. The number of hydrogen-bond donors (Lipinski definition) is 1. The molecule has 0 aromatic heterocycles. The van der Waals surface area contributed by atoms with Crippen LogP contribution in [0.3, 0.4) is 0 Å². The third kappa shape index (κ3) is 7.50. The lowest BCUT2D eigenvalue weighted by Gasteiger charge is -2.19. The summed E-state index contributed by atoms with van der Waals surface area (Å²) in [5.41, 5.74) is 0.753. The third-order valence-corrected chi connectivity index (χ3v) is 2.19. The van der Waals surface area contributed by atoms with Crippen LogP contribution in [0.1, 0.15) is 32.8 Å². The van der Waals surface area contributed by atoms with E-state index in [0.717, 1.165) is 11.3 Å². The predicted molar refractivity (Wildman–Crippen MR) is 76.2 cm³/mol. The molecule has 19 heavy (non-hydrogen) atoms. The van der Waals surface area contributed by atoms with Gasteiger partial charge in [-0.3, -0.25) is 0 Å². The summed E-state index contributed by atoms with van der Waals surface area (Å²) in [5, 5.41) is 8.67. The summed E-state index contributed by atoms with van der Waals surface area (Å²) in [5.74, 6) is 6.65. The van der Waals surface area contributed by atoms with E-state index >= 15 is 0 Å². The van der Waals surface area contributed by atoms with Crippen LogP contribution in [0.4, 0.5) is 0 Å². The summed E-state index contributed by atoms with van der Waals surface area (Å²) in [4.78, 5) is 0. The minimum absolute atomic E-state index is 0.0906. The van der Waals surface area contributed by atoms with Crippen molar-refractivity contribution in [1.29, 1.82) is 0 Å². The average molecular weight is 262 g/mol. The Morgan fingerprint density at radius 1 is 1.21 bits per heavy atom. The molecule has 0 aliphatic carbocycles. The van der Waals surface area contributed by atoms with Crippen molar-refractivity contribution in [2.45, 2.75) is 32.8 Å². The Morgan fingerprint density at radius 3 is 2.68 bits per heavy atom. The highest BCUT2D eigenvalue weighted by atomic mass is 16.5. The van der Waals surface area contributed by atoms with E-state index in [4.69, 9.17) is 14.6 Å². The molecule has 1 aromatic carbocycles. The first kappa shape index (κ1) is 15.6. The first-order valence-corrected chi connectivity index (χ1v) is 6.48. The number of ether oxygens (including phenoxy) is 2. The zero-order valence-corrected chi connectivity index (χ0v) is 11.9. The normalized spacial score (nSPS) is 10.7. The van der Waals surface area contributed by atoms with Gasteiger partial charge >= 0.3 is 0 Å². The van der Waals surface area contributed by atoms with Crippen LogP contribution in [0, 0.1) is 11.8 Å². The van der Waals surface area contributed by atoms with E-state index in [2.05, 4.69) is 11.8 Å². The van der Waals surface area contributed by atoms with E-state index in [1.54, 1.807) is 0 Å². The highest BCUT2D eigenvalue weighted by Crippen LogP contribution is 2.13. The second kappa shape index (κ2) is 7.83. The van der Waals surface area contributed by atoms with E-state index in [0.29, 0.717) is 19.6 Å². The second-order valence-electron chi connectivity index (χ2n) is 5.11. The van der Waals surface area contributed by atoms with E-state index in [1.165, 1.54) is 0 Å². The summed E-state index contributed by atoms with van der Waals surface area (Å²) in [6.45, 7) is 7.22. The molecule has 0 saturated carbocycles. The summed E-state index contributed by atoms with van der Waals surface area (Å²) in [7, 11) is 0. The molecule has 0 unspecified atom stereocenters. The molecule has 0 amide bonds. The Morgan fingerprint density at radius 2 is 2.00 bits per heavy atom. The van der Waals surface area contributed by atoms with Gasteiger partial charge in [0.25, 0.3) is 0 Å². The molecule has 3 heteroatoms. The largest absolute Gasteiger partial charge is 0.491 e. The summed E-state index contributed by atoms with van der Waals surface area (Å²) in [6.07, 6.45) is 0.491. The van der Waals surface area contributed by atoms with Crippen molar-refractivity contribution in [3.05, 3.63) is 29.8 Å². The maximum atomic E-state index is 8.67. The van der Waals surface area contributed by atoms with Gasteiger partial charge in [-0.15, -0.1) is 0 Å². The maximum absolute atomic E-state index is 8.67. The van der Waals surface area contributed by atoms with Crippen molar-refractivity contribution in [3.8, 4) is 17.6 Å². The van der Waals surface area contributed by atoms with Crippen molar-refractivity contribution in [3.63, 3.8) is 0 Å². The van der Waals surface area contributed by atoms with Gasteiger partial charge in [0.05, 0.1) is 18.8 Å². The summed E-state index contributed by atoms with van der Waals surface area (Å²) < 4.78 is 11.2. The first-order chi connectivity index (χ1) is 9.01. The van der Waals surface area contributed by atoms with Crippen molar-refractivity contribution >= 4 is 0 Å². The van der Waals surface area contributed by atoms with Gasteiger partial charge in [0.1, 0.15) is 12.4 Å². The highest BCUT2D eigenvalue weighted by molar-refractivity contribution is 5.39. The van der Waals surface area contributed by atoms with Gasteiger partial charge in [-0.05, 0) is 39.0 Å². The van der Waals surface area contributed by atoms with Crippen LogP contribution in [-0.4, -0.2) is 30.5 Å². The molecule has 1 N–H and O–H groups in total. The van der Waals surface area contributed by atoms with Gasteiger partial charge in [-0.1, -0.05) is 17.9 Å². The van der Waals surface area contributed by atoms with Crippen LogP contribution in [0.15, 0.2) is 24.3 Å². The van der Waals surface area contributed by atoms with Gasteiger partial charge < -0.3 is 14.6 Å². The molecule has 0 radical (unpaired) electrons. The molecular formula is C16H22O3. The standard InChI is InChI=1S/C16H22O3/c1-16(2,3)19-12-11-18-15-9-6-8-14(13-15)7-4-5-10-17/h6,8-9,13,17H,5,10-12H2,1-3H3. The maximum Gasteiger partial charge on any atom is 0.120 e.